The Morgan fingerprint density at radius 3 is 2.41 bits per heavy atom. The van der Waals surface area contributed by atoms with Crippen LogP contribution in [-0.4, -0.2) is 26.5 Å². The zero-order valence-electron chi connectivity index (χ0n) is 24.3. The highest BCUT2D eigenvalue weighted by Gasteiger charge is 2.24. The molecule has 0 atom stereocenters. The third kappa shape index (κ3) is 7.05. The maximum absolute atomic E-state index is 13.3. The van der Waals surface area contributed by atoms with Crippen LogP contribution >= 0.6 is 0 Å². The summed E-state index contributed by atoms with van der Waals surface area (Å²) in [6.45, 7) is 12.1. The highest BCUT2D eigenvalue weighted by molar-refractivity contribution is 6.05. The quantitative estimate of drug-likeness (QED) is 0.226. The number of aromatic nitrogens is 2. The molecular formula is C33H43N3O3. The number of fused-ring (bicyclic) bond motifs is 1. The number of carboxylic acid groups (broad SMARTS) is 1. The Morgan fingerprint density at radius 1 is 1.08 bits per heavy atom. The number of nitrogens with zero attached hydrogens (tertiary/aromatic N) is 2. The minimum Gasteiger partial charge on any atom is -0.478 e. The fourth-order valence-electron chi connectivity index (χ4n) is 5.29. The number of carboxylic acids is 1. The van der Waals surface area contributed by atoms with E-state index >= 15 is 0 Å². The molecule has 0 spiro atoms. The lowest BCUT2D eigenvalue weighted by molar-refractivity contribution is -0.113. The van der Waals surface area contributed by atoms with Crippen LogP contribution in [-0.2, 0) is 11.2 Å². The Morgan fingerprint density at radius 2 is 1.79 bits per heavy atom. The number of hydrogen-bond acceptors (Lipinski definition) is 3. The molecule has 0 aliphatic heterocycles. The van der Waals surface area contributed by atoms with Crippen molar-refractivity contribution in [3.05, 3.63) is 76.6 Å². The van der Waals surface area contributed by atoms with Gasteiger partial charge in [0.05, 0.1) is 16.6 Å². The average Bonchev–Trinajstić information content (AvgIpc) is 3.33. The lowest BCUT2D eigenvalue weighted by Gasteiger charge is -2.26. The number of hydrogen-bond donors (Lipinski definition) is 2. The van der Waals surface area contributed by atoms with E-state index in [4.69, 9.17) is 4.98 Å². The second kappa shape index (κ2) is 13.9. The lowest BCUT2D eigenvalue weighted by atomic mass is 9.94. The van der Waals surface area contributed by atoms with Crippen molar-refractivity contribution in [2.45, 2.75) is 92.5 Å². The van der Waals surface area contributed by atoms with E-state index in [0.717, 1.165) is 60.3 Å². The van der Waals surface area contributed by atoms with Crippen LogP contribution in [0, 0.1) is 6.92 Å². The maximum Gasteiger partial charge on any atom is 0.335 e. The molecule has 0 bridgehead atoms. The molecule has 1 saturated carbocycles. The topological polar surface area (TPSA) is 84.2 Å². The standard InChI is InChI=1S/C31H37N3O3.C2H6/c1-5-21-15-20(4)16-25(17-21)32-30(35)23(7-3)18-22(6-2)29-33-27-19-24(31(36)37)13-14-28(27)34(29)26-11-9-8-10-12-26;1-2/h6,13-19,26H,5,7-12H2,1-4H3,(H,32,35)(H,36,37);1-2H3/b22-6+,23-18+;. The zero-order valence-corrected chi connectivity index (χ0v) is 24.3. The number of allylic oxidation sites excluding steroid dienone is 3. The molecular weight excluding hydrogens is 486 g/mol. The first-order chi connectivity index (χ1) is 18.8. The summed E-state index contributed by atoms with van der Waals surface area (Å²) < 4.78 is 2.27. The van der Waals surface area contributed by atoms with Crippen molar-refractivity contribution in [2.24, 2.45) is 0 Å². The Balaban J connectivity index is 0.00000205. The van der Waals surface area contributed by atoms with E-state index in [-0.39, 0.29) is 11.5 Å². The average molecular weight is 530 g/mol. The van der Waals surface area contributed by atoms with Gasteiger partial charge in [0, 0.05) is 22.9 Å². The molecule has 1 heterocycles. The van der Waals surface area contributed by atoms with E-state index in [9.17, 15) is 14.7 Å². The summed E-state index contributed by atoms with van der Waals surface area (Å²) in [4.78, 5) is 29.8. The third-order valence-electron chi connectivity index (χ3n) is 7.25. The number of amides is 1. The van der Waals surface area contributed by atoms with Crippen molar-refractivity contribution in [2.75, 3.05) is 5.32 Å². The zero-order chi connectivity index (χ0) is 28.5. The Bertz CT molecular complexity index is 1370. The molecule has 2 aromatic carbocycles. The minimum atomic E-state index is -0.964. The molecule has 1 amide bonds. The van der Waals surface area contributed by atoms with Crippen molar-refractivity contribution >= 4 is 34.2 Å². The Labute approximate surface area is 232 Å². The predicted octanol–water partition coefficient (Wildman–Crippen LogP) is 8.52. The molecule has 4 rings (SSSR count). The summed E-state index contributed by atoms with van der Waals surface area (Å²) in [5, 5.41) is 12.6. The van der Waals surface area contributed by atoms with Gasteiger partial charge in [0.15, 0.2) is 0 Å². The van der Waals surface area contributed by atoms with Gasteiger partial charge in [-0.1, -0.05) is 59.1 Å². The molecule has 208 valence electrons. The molecule has 6 nitrogen and oxygen atoms in total. The van der Waals surface area contributed by atoms with Gasteiger partial charge in [-0.15, -0.1) is 0 Å². The van der Waals surface area contributed by atoms with Crippen LogP contribution in [0.5, 0.6) is 0 Å². The molecule has 39 heavy (non-hydrogen) atoms. The number of rotatable bonds is 8. The number of aryl methyl sites for hydroxylation is 2. The van der Waals surface area contributed by atoms with E-state index in [2.05, 4.69) is 22.9 Å². The number of imidazole rings is 1. The van der Waals surface area contributed by atoms with Gasteiger partial charge in [0.2, 0.25) is 0 Å². The molecule has 1 aromatic heterocycles. The molecule has 0 unspecified atom stereocenters. The van der Waals surface area contributed by atoms with Gasteiger partial charge in [-0.25, -0.2) is 9.78 Å². The van der Waals surface area contributed by atoms with Crippen LogP contribution in [0.4, 0.5) is 5.69 Å². The summed E-state index contributed by atoms with van der Waals surface area (Å²) in [6.07, 6.45) is 11.1. The van der Waals surface area contributed by atoms with E-state index in [1.165, 1.54) is 12.0 Å². The van der Waals surface area contributed by atoms with Crippen molar-refractivity contribution in [1.29, 1.82) is 0 Å². The number of carbonyl (C=O) groups excluding carboxylic acids is 1. The van der Waals surface area contributed by atoms with Crippen molar-refractivity contribution in [1.82, 2.24) is 9.55 Å². The summed E-state index contributed by atoms with van der Waals surface area (Å²) in [6, 6.07) is 11.6. The first kappa shape index (κ1) is 29.9. The SMILES string of the molecule is C/C=C(\C=C(/CC)C(=O)Nc1cc(C)cc(CC)c1)c1nc2cc(C(=O)O)ccc2n1C1CCCCC1.CC. The lowest BCUT2D eigenvalue weighted by Crippen LogP contribution is -2.16. The van der Waals surface area contributed by atoms with Crippen LogP contribution in [0.1, 0.15) is 106 Å². The van der Waals surface area contributed by atoms with E-state index < -0.39 is 5.97 Å². The van der Waals surface area contributed by atoms with Crippen molar-refractivity contribution in [3.63, 3.8) is 0 Å². The smallest absolute Gasteiger partial charge is 0.335 e. The van der Waals surface area contributed by atoms with Gasteiger partial charge in [0.1, 0.15) is 5.82 Å². The molecule has 2 N–H and O–H groups in total. The Kier molecular flexibility index (Phi) is 10.7. The Hall–Kier alpha value is -3.67. The van der Waals surface area contributed by atoms with Crippen LogP contribution < -0.4 is 5.32 Å². The predicted molar refractivity (Wildman–Crippen MR) is 161 cm³/mol. The van der Waals surface area contributed by atoms with Crippen LogP contribution in [0.3, 0.4) is 0 Å². The highest BCUT2D eigenvalue weighted by Crippen LogP contribution is 2.35. The number of benzene rings is 2. The van der Waals surface area contributed by atoms with Gasteiger partial charge in [-0.05, 0) is 87.1 Å². The van der Waals surface area contributed by atoms with E-state index in [0.29, 0.717) is 23.6 Å². The number of nitrogens with one attached hydrogen (secondary N) is 1. The molecule has 1 aliphatic carbocycles. The fraction of sp³-hybridized carbons (Fsp3) is 0.424. The maximum atomic E-state index is 13.3. The molecule has 6 heteroatoms. The first-order valence-corrected chi connectivity index (χ1v) is 14.4. The molecule has 0 saturated heterocycles. The normalized spacial score (nSPS) is 14.6. The van der Waals surface area contributed by atoms with Crippen LogP contribution in [0.2, 0.25) is 0 Å². The van der Waals surface area contributed by atoms with Crippen LogP contribution in [0.25, 0.3) is 16.6 Å². The van der Waals surface area contributed by atoms with Crippen molar-refractivity contribution < 1.29 is 14.7 Å². The van der Waals surface area contributed by atoms with E-state index in [1.807, 2.05) is 65.0 Å². The fourth-order valence-corrected chi connectivity index (χ4v) is 5.29. The molecule has 3 aromatic rings. The van der Waals surface area contributed by atoms with Crippen molar-refractivity contribution in [3.8, 4) is 0 Å². The second-order valence-electron chi connectivity index (χ2n) is 9.89. The summed E-state index contributed by atoms with van der Waals surface area (Å²) >= 11 is 0. The van der Waals surface area contributed by atoms with Crippen LogP contribution in [0.15, 0.2) is 54.1 Å². The largest absolute Gasteiger partial charge is 0.478 e. The number of aromatic carboxylic acids is 1. The molecule has 0 radical (unpaired) electrons. The first-order valence-electron chi connectivity index (χ1n) is 14.4. The summed E-state index contributed by atoms with van der Waals surface area (Å²) in [5.74, 6) is -0.299. The summed E-state index contributed by atoms with van der Waals surface area (Å²) in [7, 11) is 0. The minimum absolute atomic E-state index is 0.122. The van der Waals surface area contributed by atoms with Gasteiger partial charge in [-0.2, -0.15) is 0 Å². The third-order valence-corrected chi connectivity index (χ3v) is 7.25. The molecule has 1 aliphatic rings. The number of carbonyl (C=O) groups is 2. The van der Waals surface area contributed by atoms with Gasteiger partial charge in [0.25, 0.3) is 5.91 Å². The highest BCUT2D eigenvalue weighted by atomic mass is 16.4. The second-order valence-corrected chi connectivity index (χ2v) is 9.89. The molecule has 1 fully saturated rings. The summed E-state index contributed by atoms with van der Waals surface area (Å²) in [5.41, 5.74) is 6.48. The number of anilines is 1. The van der Waals surface area contributed by atoms with Gasteiger partial charge in [-0.3, -0.25) is 4.79 Å². The van der Waals surface area contributed by atoms with Gasteiger partial charge >= 0.3 is 5.97 Å². The monoisotopic (exact) mass is 529 g/mol. The van der Waals surface area contributed by atoms with E-state index in [1.54, 1.807) is 12.1 Å². The van der Waals surface area contributed by atoms with Gasteiger partial charge < -0.3 is 15.0 Å².